The molecule has 3 nitrogen and oxygen atoms in total. The van der Waals surface area contributed by atoms with E-state index in [1.165, 1.54) is 10.2 Å². The van der Waals surface area contributed by atoms with Crippen LogP contribution in [0.5, 0.6) is 0 Å². The molecule has 0 aliphatic heterocycles. The predicted molar refractivity (Wildman–Crippen MR) is 120 cm³/mol. The normalized spacial score (nSPS) is 12.0. The van der Waals surface area contributed by atoms with Gasteiger partial charge < -0.3 is 0 Å². The van der Waals surface area contributed by atoms with Crippen LogP contribution in [0.4, 0.5) is 0 Å². The van der Waals surface area contributed by atoms with Crippen LogP contribution in [0, 0.1) is 0 Å². The van der Waals surface area contributed by atoms with E-state index in [2.05, 4.69) is 36.4 Å². The molecule has 0 fully saturated rings. The molecule has 5 heteroatoms. The lowest BCUT2D eigenvalue weighted by Crippen LogP contribution is -2.25. The van der Waals surface area contributed by atoms with Crippen LogP contribution in [0.15, 0.2) is 114 Å². The van der Waals surface area contributed by atoms with Crippen molar-refractivity contribution in [1.29, 1.82) is 0 Å². The second kappa shape index (κ2) is 7.93. The fraction of sp³-hybridized carbons (Fsp3) is 0.0833. The zero-order valence-electron chi connectivity index (χ0n) is 16.0. The zero-order chi connectivity index (χ0) is 20.3. The minimum Gasteiger partial charge on any atom is -0.252 e. The third kappa shape index (κ3) is 3.88. The first-order valence-corrected chi connectivity index (χ1v) is 11.9. The summed E-state index contributed by atoms with van der Waals surface area (Å²) in [5.41, 5.74) is 3.40. The summed E-state index contributed by atoms with van der Waals surface area (Å²) in [7, 11) is -3.33. The second-order valence-electron chi connectivity index (χ2n) is 6.82. The third-order valence-electron chi connectivity index (χ3n) is 4.84. The molecule has 1 aromatic heterocycles. The molecule has 0 saturated carbocycles. The number of aromatic nitrogens is 1. The average molecular weight is 420 g/mol. The van der Waals surface area contributed by atoms with Gasteiger partial charge in [0.2, 0.25) is 10.0 Å². The van der Waals surface area contributed by atoms with E-state index < -0.39 is 14.8 Å². The molecule has 146 valence electrons. The van der Waals surface area contributed by atoms with Crippen molar-refractivity contribution in [1.82, 2.24) is 3.97 Å². The molecule has 1 heterocycles. The van der Waals surface area contributed by atoms with Gasteiger partial charge >= 0.3 is 0 Å². The quantitative estimate of drug-likeness (QED) is 0.311. The van der Waals surface area contributed by atoms with Crippen LogP contribution in [0.25, 0.3) is 0 Å². The first-order valence-electron chi connectivity index (χ1n) is 9.24. The molecule has 4 rings (SSSR count). The summed E-state index contributed by atoms with van der Waals surface area (Å²) in [6.07, 6.45) is 4.49. The van der Waals surface area contributed by atoms with Gasteiger partial charge in [-0.25, -0.2) is 8.42 Å². The molecule has 0 aliphatic rings. The van der Waals surface area contributed by atoms with E-state index in [1.54, 1.807) is 24.2 Å². The van der Waals surface area contributed by atoms with E-state index in [0.717, 1.165) is 21.6 Å². The predicted octanol–water partition coefficient (Wildman–Crippen LogP) is 5.38. The highest BCUT2D eigenvalue weighted by atomic mass is 32.2. The fourth-order valence-corrected chi connectivity index (χ4v) is 5.56. The SMILES string of the molecule is CS(=O)(=O)n1ccc(SC(c2ccccc2)(c2ccccc2)c2ccccc2)c1. The molecule has 0 N–H and O–H groups in total. The van der Waals surface area contributed by atoms with Crippen molar-refractivity contribution in [3.63, 3.8) is 0 Å². The van der Waals surface area contributed by atoms with Gasteiger partial charge in [-0.15, -0.1) is 11.8 Å². The molecule has 3 aromatic carbocycles. The highest BCUT2D eigenvalue weighted by Crippen LogP contribution is 2.51. The molecule has 0 radical (unpaired) electrons. The monoisotopic (exact) mass is 419 g/mol. The molecule has 0 amide bonds. The first kappa shape index (κ1) is 19.6. The topological polar surface area (TPSA) is 39.1 Å². The van der Waals surface area contributed by atoms with Crippen molar-refractivity contribution in [3.8, 4) is 0 Å². The summed E-state index contributed by atoms with van der Waals surface area (Å²) in [5.74, 6) is 0. The number of thioether (sulfide) groups is 1. The lowest BCUT2D eigenvalue weighted by molar-refractivity contribution is 0.593. The van der Waals surface area contributed by atoms with Crippen LogP contribution in [0.2, 0.25) is 0 Å². The second-order valence-corrected chi connectivity index (χ2v) is 10.00. The van der Waals surface area contributed by atoms with E-state index in [0.29, 0.717) is 0 Å². The molecule has 0 bridgehead atoms. The molecule has 0 saturated heterocycles. The first-order chi connectivity index (χ1) is 14.0. The van der Waals surface area contributed by atoms with Gasteiger partial charge in [0, 0.05) is 17.3 Å². The van der Waals surface area contributed by atoms with Crippen LogP contribution in [0.1, 0.15) is 16.7 Å². The highest BCUT2D eigenvalue weighted by Gasteiger charge is 2.37. The van der Waals surface area contributed by atoms with E-state index >= 15 is 0 Å². The van der Waals surface area contributed by atoms with Gasteiger partial charge in [0.05, 0.1) is 11.0 Å². The van der Waals surface area contributed by atoms with Crippen molar-refractivity contribution in [2.45, 2.75) is 9.64 Å². The minimum atomic E-state index is -3.33. The number of hydrogen-bond donors (Lipinski definition) is 0. The van der Waals surface area contributed by atoms with Crippen LogP contribution < -0.4 is 0 Å². The number of hydrogen-bond acceptors (Lipinski definition) is 3. The Hall–Kier alpha value is -2.76. The smallest absolute Gasteiger partial charge is 0.235 e. The van der Waals surface area contributed by atoms with Gasteiger partial charge in [-0.05, 0) is 22.8 Å². The Labute approximate surface area is 176 Å². The van der Waals surface area contributed by atoms with E-state index in [1.807, 2.05) is 60.7 Å². The molecule has 0 unspecified atom stereocenters. The van der Waals surface area contributed by atoms with E-state index in [-0.39, 0.29) is 0 Å². The van der Waals surface area contributed by atoms with Gasteiger partial charge in [-0.3, -0.25) is 3.97 Å². The standard InChI is InChI=1S/C24H21NO2S2/c1-29(26,27)25-18-17-23(19-25)28-24(20-11-5-2-6-12-20,21-13-7-3-8-14-21)22-15-9-4-10-16-22/h2-19H,1H3. The molecule has 0 aliphatic carbocycles. The average Bonchev–Trinajstić information content (AvgIpc) is 3.23. The Morgan fingerprint density at radius 2 is 1.10 bits per heavy atom. The number of rotatable bonds is 6. The summed E-state index contributed by atoms with van der Waals surface area (Å²) in [5, 5.41) is 0. The largest absolute Gasteiger partial charge is 0.252 e. The van der Waals surface area contributed by atoms with Crippen LogP contribution in [-0.4, -0.2) is 18.6 Å². The highest BCUT2D eigenvalue weighted by molar-refractivity contribution is 8.00. The Balaban J connectivity index is 1.96. The molecule has 0 atom stereocenters. The van der Waals surface area contributed by atoms with Crippen molar-refractivity contribution >= 4 is 21.8 Å². The summed E-state index contributed by atoms with van der Waals surface area (Å²) < 4.78 is 24.7. The minimum absolute atomic E-state index is 0.520. The van der Waals surface area contributed by atoms with E-state index in [4.69, 9.17) is 0 Å². The third-order valence-corrected chi connectivity index (χ3v) is 7.32. The van der Waals surface area contributed by atoms with Crippen molar-refractivity contribution in [2.75, 3.05) is 6.26 Å². The Morgan fingerprint density at radius 1 is 0.690 bits per heavy atom. The molecule has 4 aromatic rings. The summed E-state index contributed by atoms with van der Waals surface area (Å²) in [6.45, 7) is 0. The van der Waals surface area contributed by atoms with Gasteiger partial charge in [0.25, 0.3) is 0 Å². The molecular formula is C24H21NO2S2. The lowest BCUT2D eigenvalue weighted by Gasteiger charge is -2.35. The molecule has 29 heavy (non-hydrogen) atoms. The van der Waals surface area contributed by atoms with Gasteiger partial charge in [0.1, 0.15) is 0 Å². The maximum absolute atomic E-state index is 12.0. The van der Waals surface area contributed by atoms with Crippen LogP contribution in [0.3, 0.4) is 0 Å². The Kier molecular flexibility index (Phi) is 5.35. The lowest BCUT2D eigenvalue weighted by atomic mass is 9.84. The van der Waals surface area contributed by atoms with E-state index in [9.17, 15) is 8.42 Å². The summed E-state index contributed by atoms with van der Waals surface area (Å²) in [6, 6.07) is 32.9. The molecular weight excluding hydrogens is 398 g/mol. The number of benzene rings is 3. The van der Waals surface area contributed by atoms with Gasteiger partial charge in [-0.2, -0.15) is 0 Å². The van der Waals surface area contributed by atoms with Crippen molar-refractivity contribution in [3.05, 3.63) is 126 Å². The fourth-order valence-electron chi connectivity index (χ4n) is 3.50. The zero-order valence-corrected chi connectivity index (χ0v) is 17.6. The maximum Gasteiger partial charge on any atom is 0.235 e. The summed E-state index contributed by atoms with van der Waals surface area (Å²) >= 11 is 1.65. The van der Waals surface area contributed by atoms with Gasteiger partial charge in [0.15, 0.2) is 0 Å². The van der Waals surface area contributed by atoms with Crippen molar-refractivity contribution in [2.24, 2.45) is 0 Å². The van der Waals surface area contributed by atoms with Crippen LogP contribution in [-0.2, 0) is 14.8 Å². The van der Waals surface area contributed by atoms with Crippen molar-refractivity contribution < 1.29 is 8.42 Å². The number of nitrogens with zero attached hydrogens (tertiary/aromatic N) is 1. The molecule has 0 spiro atoms. The maximum atomic E-state index is 12.0. The van der Waals surface area contributed by atoms with Gasteiger partial charge in [-0.1, -0.05) is 91.0 Å². The summed E-state index contributed by atoms with van der Waals surface area (Å²) in [4.78, 5) is 0.881. The Bertz CT molecular complexity index is 1090. The Morgan fingerprint density at radius 3 is 1.45 bits per heavy atom. The van der Waals surface area contributed by atoms with Crippen LogP contribution >= 0.6 is 11.8 Å².